The number of pyridine rings is 2. The van der Waals surface area contributed by atoms with Crippen molar-refractivity contribution < 1.29 is 24.5 Å². The molecule has 51 heavy (non-hydrogen) atoms. The third-order valence-corrected chi connectivity index (χ3v) is 13.3. The van der Waals surface area contributed by atoms with Crippen LogP contribution in [0, 0.1) is 12.1 Å². The van der Waals surface area contributed by atoms with Gasteiger partial charge in [0.1, 0.15) is 5.58 Å². The molecule has 3 aromatic heterocycles. The predicted molar refractivity (Wildman–Crippen MR) is 212 cm³/mol. The molecule has 0 aliphatic heterocycles. The molecule has 0 amide bonds. The number of nitrogens with zero attached hydrogens (tertiary/aromatic N) is 2. The van der Waals surface area contributed by atoms with E-state index in [9.17, 15) is 0 Å². The van der Waals surface area contributed by atoms with Crippen molar-refractivity contribution in [3.63, 3.8) is 0 Å². The Labute approximate surface area is 317 Å². The average Bonchev–Trinajstić information content (AvgIpc) is 3.54. The number of hydrogen-bond acceptors (Lipinski definition) is 3. The molecule has 0 fully saturated rings. The van der Waals surface area contributed by atoms with Crippen LogP contribution in [0.3, 0.4) is 0 Å². The van der Waals surface area contributed by atoms with Crippen LogP contribution in [0.15, 0.2) is 150 Å². The van der Waals surface area contributed by atoms with Crippen molar-refractivity contribution >= 4 is 39.6 Å². The van der Waals surface area contributed by atoms with Crippen molar-refractivity contribution in [1.82, 2.24) is 9.97 Å². The van der Waals surface area contributed by atoms with Crippen molar-refractivity contribution in [2.75, 3.05) is 0 Å². The Bertz CT molecular complexity index is 2380. The first-order valence-corrected chi connectivity index (χ1v) is 24.5. The summed E-state index contributed by atoms with van der Waals surface area (Å²) >= 11 is -1.79. The Kier molecular flexibility index (Phi) is 11.2. The number of para-hydroxylation sites is 1. The molecule has 0 atom stereocenters. The standard InChI is InChI=1S/C26H20NO.C20H20GeN.Ir/c1-17(2)19-13-14-27-24(15-19)20-11-12-22-23-10-6-9-21(18-7-4-3-5-8-18)26(23)28-25(22)16-20;1-21(2,3)19-12-13-20(22-15-19)18-11-7-10-17(14-18)16-8-5-4-6-9-16;/h3-10,12-17H,1-2H3;4-10,12-15H,1-3H3;/q2*-1;. The molecule has 0 aliphatic carbocycles. The number of rotatable bonds is 6. The molecule has 0 bridgehead atoms. The van der Waals surface area contributed by atoms with Crippen molar-refractivity contribution in [3.05, 3.63) is 164 Å². The molecule has 5 aromatic carbocycles. The van der Waals surface area contributed by atoms with Gasteiger partial charge in [-0.25, -0.2) is 0 Å². The third-order valence-electron chi connectivity index (χ3n) is 9.06. The third kappa shape index (κ3) is 8.15. The zero-order valence-electron chi connectivity index (χ0n) is 29.6. The molecule has 0 unspecified atom stereocenters. The maximum Gasteiger partial charge on any atom is 0 e. The zero-order valence-corrected chi connectivity index (χ0v) is 34.1. The van der Waals surface area contributed by atoms with E-state index in [2.05, 4.69) is 169 Å². The maximum absolute atomic E-state index is 6.33. The summed E-state index contributed by atoms with van der Waals surface area (Å²) in [7, 11) is 0. The van der Waals surface area contributed by atoms with Crippen LogP contribution >= 0.6 is 0 Å². The molecule has 1 radical (unpaired) electrons. The fourth-order valence-corrected chi connectivity index (χ4v) is 8.27. The Balaban J connectivity index is 0.000000178. The minimum atomic E-state index is -1.79. The van der Waals surface area contributed by atoms with E-state index in [-0.39, 0.29) is 20.1 Å². The molecule has 5 heteroatoms. The topological polar surface area (TPSA) is 38.9 Å². The SMILES string of the molecule is CC(C)c1ccnc(-c2[c-]cc3c(c2)oc2c(-c4ccccc4)cccc23)c1.[CH3][Ge]([CH3])([CH3])[c]1ccc(-c2[c-]ccc(-c3ccccc3)c2)nc1.[Ir]. The second-order valence-corrected chi connectivity index (χ2v) is 24.6. The molecule has 0 spiro atoms. The number of aromatic nitrogens is 2. The van der Waals surface area contributed by atoms with E-state index in [0.29, 0.717) is 5.92 Å². The monoisotopic (exact) mass is 903 g/mol. The van der Waals surface area contributed by atoms with Crippen LogP contribution in [0.5, 0.6) is 0 Å². The van der Waals surface area contributed by atoms with E-state index in [1.807, 2.05) is 30.5 Å². The second kappa shape index (κ2) is 15.7. The summed E-state index contributed by atoms with van der Waals surface area (Å²) in [6.45, 7) is 4.38. The molecule has 0 aliphatic rings. The number of benzene rings is 5. The van der Waals surface area contributed by atoms with Gasteiger partial charge in [-0.05, 0) is 28.6 Å². The molecule has 8 rings (SSSR count). The van der Waals surface area contributed by atoms with Crippen LogP contribution < -0.4 is 4.40 Å². The molecule has 3 heterocycles. The van der Waals surface area contributed by atoms with Crippen molar-refractivity contribution in [1.29, 1.82) is 0 Å². The summed E-state index contributed by atoms with van der Waals surface area (Å²) in [5, 5.41) is 2.19. The number of hydrogen-bond donors (Lipinski definition) is 0. The predicted octanol–water partition coefficient (Wildman–Crippen LogP) is 12.0. The Morgan fingerprint density at radius 1 is 0.627 bits per heavy atom. The van der Waals surface area contributed by atoms with Gasteiger partial charge in [-0.1, -0.05) is 85.5 Å². The zero-order chi connectivity index (χ0) is 34.7. The van der Waals surface area contributed by atoms with E-state index in [1.165, 1.54) is 21.1 Å². The van der Waals surface area contributed by atoms with Crippen molar-refractivity contribution in [3.8, 4) is 44.8 Å². The molecule has 255 valence electrons. The number of fused-ring (bicyclic) bond motifs is 3. The molecule has 0 saturated carbocycles. The summed E-state index contributed by atoms with van der Waals surface area (Å²) in [6, 6.07) is 52.7. The Morgan fingerprint density at radius 3 is 2.04 bits per heavy atom. The minimum Gasteiger partial charge on any atom is 0 e. The Morgan fingerprint density at radius 2 is 1.35 bits per heavy atom. The Hall–Kier alpha value is -4.61. The summed E-state index contributed by atoms with van der Waals surface area (Å²) in [5.41, 5.74) is 11.7. The second-order valence-electron chi connectivity index (χ2n) is 13.9. The van der Waals surface area contributed by atoms with Crippen molar-refractivity contribution in [2.45, 2.75) is 37.0 Å². The molecule has 3 nitrogen and oxygen atoms in total. The molecular weight excluding hydrogens is 861 g/mol. The summed E-state index contributed by atoms with van der Waals surface area (Å²) in [5.74, 6) is 7.63. The first kappa shape index (κ1) is 36.2. The van der Waals surface area contributed by atoms with Gasteiger partial charge in [-0.15, -0.1) is 17.7 Å². The van der Waals surface area contributed by atoms with Gasteiger partial charge >= 0.3 is 135 Å². The van der Waals surface area contributed by atoms with Crippen LogP contribution in [0.1, 0.15) is 25.3 Å². The summed E-state index contributed by atoms with van der Waals surface area (Å²) < 4.78 is 7.76. The normalized spacial score (nSPS) is 11.3. The number of furan rings is 1. The van der Waals surface area contributed by atoms with Gasteiger partial charge in [-0.2, -0.15) is 0 Å². The molecule has 0 N–H and O–H groups in total. The van der Waals surface area contributed by atoms with Gasteiger partial charge in [0.15, 0.2) is 0 Å². The quantitative estimate of drug-likeness (QED) is 0.123. The van der Waals surface area contributed by atoms with Crippen LogP contribution in [0.2, 0.25) is 17.3 Å². The molecule has 8 aromatic rings. The van der Waals surface area contributed by atoms with E-state index in [4.69, 9.17) is 4.42 Å². The van der Waals surface area contributed by atoms with Crippen molar-refractivity contribution in [2.24, 2.45) is 0 Å². The summed E-state index contributed by atoms with van der Waals surface area (Å²) in [4.78, 5) is 9.21. The van der Waals surface area contributed by atoms with Crippen LogP contribution in [-0.4, -0.2) is 23.2 Å². The van der Waals surface area contributed by atoms with Gasteiger partial charge in [0.05, 0.1) is 5.58 Å². The van der Waals surface area contributed by atoms with Gasteiger partial charge in [0.25, 0.3) is 0 Å². The van der Waals surface area contributed by atoms with E-state index in [0.717, 1.165) is 55.6 Å². The van der Waals surface area contributed by atoms with Gasteiger partial charge in [0, 0.05) is 31.9 Å². The average molecular weight is 902 g/mol. The van der Waals surface area contributed by atoms with Crippen LogP contribution in [-0.2, 0) is 20.1 Å². The largest absolute Gasteiger partial charge is 0 e. The van der Waals surface area contributed by atoms with Crippen LogP contribution in [0.4, 0.5) is 0 Å². The van der Waals surface area contributed by atoms with Gasteiger partial charge in [-0.3, -0.25) is 0 Å². The molecule has 0 saturated heterocycles. The first-order valence-electron chi connectivity index (χ1n) is 17.2. The summed E-state index contributed by atoms with van der Waals surface area (Å²) in [6.07, 6.45) is 3.92. The first-order chi connectivity index (χ1) is 24.2. The molecular formula is C46H40GeIrN2O-2. The minimum absolute atomic E-state index is 0. The fourth-order valence-electron chi connectivity index (χ4n) is 6.10. The fraction of sp³-hybridized carbons (Fsp3) is 0.130. The maximum atomic E-state index is 6.33. The van der Waals surface area contributed by atoms with E-state index >= 15 is 0 Å². The smallest absolute Gasteiger partial charge is 0 e. The van der Waals surface area contributed by atoms with Crippen LogP contribution in [0.25, 0.3) is 66.7 Å². The van der Waals surface area contributed by atoms with E-state index < -0.39 is 13.3 Å². The van der Waals surface area contributed by atoms with Gasteiger partial charge in [0.2, 0.25) is 0 Å². The van der Waals surface area contributed by atoms with Gasteiger partial charge < -0.3 is 9.40 Å². The van der Waals surface area contributed by atoms with E-state index in [1.54, 1.807) is 0 Å².